The van der Waals surface area contributed by atoms with E-state index in [1.165, 1.54) is 6.92 Å². The van der Waals surface area contributed by atoms with Crippen molar-refractivity contribution in [2.24, 2.45) is 0 Å². The van der Waals surface area contributed by atoms with Crippen molar-refractivity contribution in [3.63, 3.8) is 0 Å². The van der Waals surface area contributed by atoms with Crippen LogP contribution in [0.2, 0.25) is 0 Å². The Morgan fingerprint density at radius 3 is 2.33 bits per heavy atom. The van der Waals surface area contributed by atoms with E-state index in [2.05, 4.69) is 4.98 Å². The molecule has 0 aliphatic carbocycles. The summed E-state index contributed by atoms with van der Waals surface area (Å²) in [5.41, 5.74) is 6.54. The van der Waals surface area contributed by atoms with E-state index in [4.69, 9.17) is 5.73 Å². The summed E-state index contributed by atoms with van der Waals surface area (Å²) in [6.07, 6.45) is 0. The molecule has 2 aromatic rings. The average molecular weight is 250 g/mol. The molecule has 1 aromatic heterocycles. The van der Waals surface area contributed by atoms with Gasteiger partial charge in [0, 0.05) is 10.9 Å². The Bertz CT molecular complexity index is 628. The molecule has 1 heterocycles. The maximum Gasteiger partial charge on any atom is 0.149 e. The van der Waals surface area contributed by atoms with Gasteiger partial charge >= 0.3 is 0 Å². The summed E-state index contributed by atoms with van der Waals surface area (Å²) in [5.74, 6) is -0.738. The van der Waals surface area contributed by atoms with Crippen molar-refractivity contribution < 1.29 is 8.78 Å². The Balaban J connectivity index is 2.90. The number of hydrogen-bond donors (Lipinski definition) is 1. The van der Waals surface area contributed by atoms with Crippen LogP contribution in [0.5, 0.6) is 0 Å². The second kappa shape index (κ2) is 3.90. The Labute approximate surface area is 105 Å². The van der Waals surface area contributed by atoms with Gasteiger partial charge in [0.2, 0.25) is 0 Å². The third-order valence-corrected chi connectivity index (χ3v) is 3.01. The van der Waals surface area contributed by atoms with Gasteiger partial charge in [0.05, 0.1) is 0 Å². The molecule has 0 radical (unpaired) electrons. The standard InChI is InChI=1S/C14H16F2N2/c1-7-5-10(15)12-8(11(7)16)6-9(13(17)18-12)14(2,3)4/h5-6H,1-4H3,(H2,17,18). The molecule has 0 saturated heterocycles. The number of fused-ring (bicyclic) bond motifs is 1. The Kier molecular flexibility index (Phi) is 2.76. The fourth-order valence-corrected chi connectivity index (χ4v) is 2.01. The summed E-state index contributed by atoms with van der Waals surface area (Å²) in [7, 11) is 0. The van der Waals surface area contributed by atoms with Gasteiger partial charge < -0.3 is 5.73 Å². The van der Waals surface area contributed by atoms with Crippen molar-refractivity contribution in [1.82, 2.24) is 4.98 Å². The van der Waals surface area contributed by atoms with E-state index < -0.39 is 11.6 Å². The van der Waals surface area contributed by atoms with E-state index >= 15 is 0 Å². The lowest BCUT2D eigenvalue weighted by Gasteiger charge is -2.21. The molecule has 4 heteroatoms. The predicted octanol–water partition coefficient (Wildman–Crippen LogP) is 3.70. The Morgan fingerprint density at radius 1 is 1.17 bits per heavy atom. The zero-order chi connectivity index (χ0) is 13.7. The number of rotatable bonds is 0. The molecule has 1 aromatic carbocycles. The summed E-state index contributed by atoms with van der Waals surface area (Å²) >= 11 is 0. The number of benzene rings is 1. The van der Waals surface area contributed by atoms with Gasteiger partial charge in [0.15, 0.2) is 0 Å². The van der Waals surface area contributed by atoms with Crippen LogP contribution < -0.4 is 5.73 Å². The lowest BCUT2D eigenvalue weighted by Crippen LogP contribution is -2.15. The number of nitrogens with two attached hydrogens (primary N) is 1. The van der Waals surface area contributed by atoms with Crippen molar-refractivity contribution in [2.75, 3.05) is 5.73 Å². The lowest BCUT2D eigenvalue weighted by molar-refractivity contribution is 0.586. The molecule has 0 unspecified atom stereocenters. The molecule has 2 nitrogen and oxygen atoms in total. The molecule has 0 fully saturated rings. The molecular weight excluding hydrogens is 234 g/mol. The van der Waals surface area contributed by atoms with Crippen LogP contribution in [0.25, 0.3) is 10.9 Å². The van der Waals surface area contributed by atoms with Crippen LogP contribution in [-0.4, -0.2) is 4.98 Å². The molecule has 0 amide bonds. The summed E-state index contributed by atoms with van der Waals surface area (Å²) in [5, 5.41) is 0.187. The van der Waals surface area contributed by atoms with E-state index in [1.54, 1.807) is 6.07 Å². The summed E-state index contributed by atoms with van der Waals surface area (Å²) in [6.45, 7) is 7.40. The predicted molar refractivity (Wildman–Crippen MR) is 69.5 cm³/mol. The van der Waals surface area contributed by atoms with Crippen LogP contribution in [0.3, 0.4) is 0 Å². The number of halogens is 2. The van der Waals surface area contributed by atoms with Gasteiger partial charge in [-0.25, -0.2) is 13.8 Å². The third-order valence-electron chi connectivity index (χ3n) is 3.01. The number of nitrogens with zero attached hydrogens (tertiary/aromatic N) is 1. The lowest BCUT2D eigenvalue weighted by atomic mass is 9.86. The molecule has 0 aliphatic heterocycles. The topological polar surface area (TPSA) is 38.9 Å². The van der Waals surface area contributed by atoms with Crippen molar-refractivity contribution in [3.05, 3.63) is 34.9 Å². The second-order valence-corrected chi connectivity index (χ2v) is 5.56. The van der Waals surface area contributed by atoms with Gasteiger partial charge in [0.1, 0.15) is 23.0 Å². The van der Waals surface area contributed by atoms with Gasteiger partial charge in [-0.3, -0.25) is 0 Å². The first-order chi connectivity index (χ1) is 8.21. The van der Waals surface area contributed by atoms with Gasteiger partial charge in [0.25, 0.3) is 0 Å². The summed E-state index contributed by atoms with van der Waals surface area (Å²) in [4.78, 5) is 4.01. The van der Waals surface area contributed by atoms with E-state index in [9.17, 15) is 8.78 Å². The number of pyridine rings is 1. The number of aryl methyl sites for hydroxylation is 1. The first-order valence-electron chi connectivity index (χ1n) is 5.77. The minimum Gasteiger partial charge on any atom is -0.383 e. The molecular formula is C14H16F2N2. The van der Waals surface area contributed by atoms with Crippen LogP contribution in [0, 0.1) is 18.6 Å². The minimum atomic E-state index is -0.545. The molecule has 0 atom stereocenters. The van der Waals surface area contributed by atoms with E-state index in [0.29, 0.717) is 0 Å². The number of hydrogen-bond acceptors (Lipinski definition) is 2. The van der Waals surface area contributed by atoms with Crippen molar-refractivity contribution in [2.45, 2.75) is 33.1 Å². The quantitative estimate of drug-likeness (QED) is 0.774. The van der Waals surface area contributed by atoms with Gasteiger partial charge in [-0.1, -0.05) is 20.8 Å². The normalized spacial score (nSPS) is 12.1. The van der Waals surface area contributed by atoms with Crippen LogP contribution in [0.4, 0.5) is 14.6 Å². The smallest absolute Gasteiger partial charge is 0.149 e. The van der Waals surface area contributed by atoms with Crippen LogP contribution in [-0.2, 0) is 5.41 Å². The summed E-state index contributed by atoms with van der Waals surface area (Å²) in [6, 6.07) is 2.74. The van der Waals surface area contributed by atoms with Crippen molar-refractivity contribution >= 4 is 16.7 Å². The highest BCUT2D eigenvalue weighted by Crippen LogP contribution is 2.32. The van der Waals surface area contributed by atoms with Crippen LogP contribution in [0.15, 0.2) is 12.1 Å². The number of anilines is 1. The van der Waals surface area contributed by atoms with Gasteiger partial charge in [-0.15, -0.1) is 0 Å². The molecule has 2 N–H and O–H groups in total. The molecule has 0 saturated carbocycles. The zero-order valence-electron chi connectivity index (χ0n) is 10.9. The van der Waals surface area contributed by atoms with Crippen LogP contribution in [0.1, 0.15) is 31.9 Å². The first-order valence-corrected chi connectivity index (χ1v) is 5.77. The molecule has 2 rings (SSSR count). The average Bonchev–Trinajstić information content (AvgIpc) is 2.24. The number of aromatic nitrogens is 1. The zero-order valence-corrected chi connectivity index (χ0v) is 10.9. The number of nitrogen functional groups attached to an aromatic ring is 1. The molecule has 96 valence electrons. The van der Waals surface area contributed by atoms with Gasteiger partial charge in [-0.05, 0) is 30.0 Å². The first kappa shape index (κ1) is 12.7. The van der Waals surface area contributed by atoms with Crippen molar-refractivity contribution in [1.29, 1.82) is 0 Å². The highest BCUT2D eigenvalue weighted by molar-refractivity contribution is 5.83. The van der Waals surface area contributed by atoms with Gasteiger partial charge in [-0.2, -0.15) is 0 Å². The second-order valence-electron chi connectivity index (χ2n) is 5.56. The van der Waals surface area contributed by atoms with Crippen LogP contribution >= 0.6 is 0 Å². The highest BCUT2D eigenvalue weighted by Gasteiger charge is 2.21. The largest absolute Gasteiger partial charge is 0.383 e. The van der Waals surface area contributed by atoms with E-state index in [0.717, 1.165) is 11.6 Å². The molecule has 18 heavy (non-hydrogen) atoms. The molecule has 0 spiro atoms. The molecule has 0 bridgehead atoms. The fourth-order valence-electron chi connectivity index (χ4n) is 2.01. The minimum absolute atomic E-state index is 0.0106. The third kappa shape index (κ3) is 1.92. The fraction of sp³-hybridized carbons (Fsp3) is 0.357. The Hall–Kier alpha value is -1.71. The maximum atomic E-state index is 14.0. The van der Waals surface area contributed by atoms with E-state index in [1.807, 2.05) is 20.8 Å². The highest BCUT2D eigenvalue weighted by atomic mass is 19.1. The maximum absolute atomic E-state index is 14.0. The molecule has 0 aliphatic rings. The summed E-state index contributed by atoms with van der Waals surface area (Å²) < 4.78 is 27.8. The SMILES string of the molecule is Cc1cc(F)c2nc(N)c(C(C)(C)C)cc2c1F. The van der Waals surface area contributed by atoms with Crippen molar-refractivity contribution in [3.8, 4) is 0 Å². The van der Waals surface area contributed by atoms with E-state index in [-0.39, 0.29) is 27.7 Å². The monoisotopic (exact) mass is 250 g/mol. The Morgan fingerprint density at radius 2 is 1.78 bits per heavy atom.